The van der Waals surface area contributed by atoms with Gasteiger partial charge in [-0.1, -0.05) is 32.9 Å². The smallest absolute Gasteiger partial charge is 0.233 e. The quantitative estimate of drug-likeness (QED) is 0.203. The number of carbonyl (C=O) groups excluding carboxylic acids is 1. The van der Waals surface area contributed by atoms with Gasteiger partial charge in [0.25, 0.3) is 0 Å². The molecule has 0 unspecified atom stereocenters. The number of nitrogens with zero attached hydrogens (tertiary/aromatic N) is 2. The standard InChI is InChI=1S/C23H39N5O2.HI/c1-6-25-22(27-19-10-13-28(14-11-19)17-21(29)24-5)26-12-15-30-20-9-7-8-18(16-20)23(2,3)4;/h7-9,16,19H,6,10-15,17H2,1-5H3,(H,24,29)(H2,25,26,27);1H. The van der Waals surface area contributed by atoms with Crippen LogP contribution in [0.1, 0.15) is 46.1 Å². The highest BCUT2D eigenvalue weighted by molar-refractivity contribution is 14.0. The number of benzene rings is 1. The molecule has 0 aliphatic carbocycles. The Labute approximate surface area is 204 Å². The summed E-state index contributed by atoms with van der Waals surface area (Å²) < 4.78 is 5.91. The molecule has 0 saturated carbocycles. The van der Waals surface area contributed by atoms with E-state index in [0.29, 0.717) is 25.7 Å². The van der Waals surface area contributed by atoms with Crippen LogP contribution in [0.4, 0.5) is 0 Å². The van der Waals surface area contributed by atoms with Gasteiger partial charge in [0.2, 0.25) is 5.91 Å². The maximum atomic E-state index is 11.5. The van der Waals surface area contributed by atoms with Gasteiger partial charge in [-0.2, -0.15) is 0 Å². The molecule has 1 aliphatic heterocycles. The number of amides is 1. The van der Waals surface area contributed by atoms with Crippen molar-refractivity contribution in [1.82, 2.24) is 20.9 Å². The van der Waals surface area contributed by atoms with Gasteiger partial charge in [0.1, 0.15) is 12.4 Å². The Kier molecular flexibility index (Phi) is 12.2. The zero-order valence-corrected chi connectivity index (χ0v) is 22.0. The molecular weight excluding hydrogens is 505 g/mol. The third-order valence-electron chi connectivity index (χ3n) is 5.25. The fourth-order valence-electron chi connectivity index (χ4n) is 3.40. The van der Waals surface area contributed by atoms with Gasteiger partial charge in [0.05, 0.1) is 13.1 Å². The van der Waals surface area contributed by atoms with Crippen LogP contribution in [-0.2, 0) is 10.2 Å². The number of piperidine rings is 1. The number of nitrogens with one attached hydrogen (secondary N) is 3. The lowest BCUT2D eigenvalue weighted by atomic mass is 9.87. The van der Waals surface area contributed by atoms with Gasteiger partial charge in [-0.05, 0) is 42.9 Å². The van der Waals surface area contributed by atoms with Gasteiger partial charge >= 0.3 is 0 Å². The van der Waals surface area contributed by atoms with E-state index in [2.05, 4.69) is 65.7 Å². The topological polar surface area (TPSA) is 78.0 Å². The highest BCUT2D eigenvalue weighted by atomic mass is 127. The molecule has 1 aromatic carbocycles. The number of hydrogen-bond donors (Lipinski definition) is 3. The van der Waals surface area contributed by atoms with Crippen LogP contribution in [0.3, 0.4) is 0 Å². The molecule has 0 atom stereocenters. The van der Waals surface area contributed by atoms with Gasteiger partial charge in [-0.15, -0.1) is 24.0 Å². The number of aliphatic imine (C=N–C) groups is 1. The average Bonchev–Trinajstić information content (AvgIpc) is 2.72. The van der Waals surface area contributed by atoms with Crippen LogP contribution in [0.25, 0.3) is 0 Å². The summed E-state index contributed by atoms with van der Waals surface area (Å²) in [4.78, 5) is 18.4. The van der Waals surface area contributed by atoms with Crippen molar-refractivity contribution in [3.8, 4) is 5.75 Å². The molecule has 7 nitrogen and oxygen atoms in total. The minimum Gasteiger partial charge on any atom is -0.492 e. The minimum atomic E-state index is 0. The van der Waals surface area contributed by atoms with Crippen LogP contribution in [-0.4, -0.2) is 69.2 Å². The molecule has 1 amide bonds. The summed E-state index contributed by atoms with van der Waals surface area (Å²) in [5, 5.41) is 9.53. The van der Waals surface area contributed by atoms with Crippen LogP contribution >= 0.6 is 24.0 Å². The summed E-state index contributed by atoms with van der Waals surface area (Å²) in [6.07, 6.45) is 2.00. The van der Waals surface area contributed by atoms with Crippen LogP contribution in [0, 0.1) is 0 Å². The van der Waals surface area contributed by atoms with Crippen molar-refractivity contribution < 1.29 is 9.53 Å². The van der Waals surface area contributed by atoms with E-state index in [1.54, 1.807) is 7.05 Å². The van der Waals surface area contributed by atoms with Crippen molar-refractivity contribution in [3.63, 3.8) is 0 Å². The SMILES string of the molecule is CCNC(=NCCOc1cccc(C(C)(C)C)c1)NC1CCN(CC(=O)NC)CC1.I. The first-order valence-electron chi connectivity index (χ1n) is 11.0. The Morgan fingerprint density at radius 1 is 1.26 bits per heavy atom. The summed E-state index contributed by atoms with van der Waals surface area (Å²) in [6.45, 7) is 12.9. The summed E-state index contributed by atoms with van der Waals surface area (Å²) in [7, 11) is 1.68. The van der Waals surface area contributed by atoms with Gasteiger partial charge in [-0.25, -0.2) is 4.99 Å². The van der Waals surface area contributed by atoms with Gasteiger partial charge in [-0.3, -0.25) is 9.69 Å². The number of ether oxygens (including phenoxy) is 1. The number of guanidine groups is 1. The molecule has 176 valence electrons. The van der Waals surface area contributed by atoms with E-state index in [-0.39, 0.29) is 35.3 Å². The van der Waals surface area contributed by atoms with Crippen molar-refractivity contribution in [2.75, 3.05) is 46.4 Å². The first-order valence-corrected chi connectivity index (χ1v) is 11.0. The Morgan fingerprint density at radius 2 is 1.97 bits per heavy atom. The average molecular weight is 546 g/mol. The van der Waals surface area contributed by atoms with Crippen molar-refractivity contribution in [1.29, 1.82) is 0 Å². The van der Waals surface area contributed by atoms with Crippen LogP contribution in [0.5, 0.6) is 5.75 Å². The fourth-order valence-corrected chi connectivity index (χ4v) is 3.40. The first kappa shape index (κ1) is 27.5. The molecule has 1 aliphatic rings. The Morgan fingerprint density at radius 3 is 2.58 bits per heavy atom. The number of rotatable bonds is 8. The normalized spacial score (nSPS) is 15.7. The van der Waals surface area contributed by atoms with Crippen LogP contribution < -0.4 is 20.7 Å². The maximum absolute atomic E-state index is 11.5. The molecule has 3 N–H and O–H groups in total. The second-order valence-corrected chi connectivity index (χ2v) is 8.75. The molecule has 0 radical (unpaired) electrons. The molecule has 2 rings (SSSR count). The zero-order valence-electron chi connectivity index (χ0n) is 19.7. The largest absolute Gasteiger partial charge is 0.492 e. The van der Waals surface area contributed by atoms with Crippen molar-refractivity contribution in [3.05, 3.63) is 29.8 Å². The molecule has 0 aromatic heterocycles. The summed E-state index contributed by atoms with van der Waals surface area (Å²) in [6, 6.07) is 8.65. The van der Waals surface area contributed by atoms with Gasteiger partial charge in [0.15, 0.2) is 5.96 Å². The summed E-state index contributed by atoms with van der Waals surface area (Å²) >= 11 is 0. The molecule has 1 aromatic rings. The number of likely N-dealkylation sites (tertiary alicyclic amines) is 1. The molecular formula is C23H40IN5O2. The van der Waals surface area contributed by atoms with Crippen molar-refractivity contribution in [2.24, 2.45) is 4.99 Å². The number of halogens is 1. The second-order valence-electron chi connectivity index (χ2n) is 8.75. The van der Waals surface area contributed by atoms with Crippen LogP contribution in [0.2, 0.25) is 0 Å². The molecule has 31 heavy (non-hydrogen) atoms. The van der Waals surface area contributed by atoms with Crippen molar-refractivity contribution in [2.45, 2.75) is 52.0 Å². The first-order chi connectivity index (χ1) is 14.3. The molecule has 0 spiro atoms. The highest BCUT2D eigenvalue weighted by Crippen LogP contribution is 2.25. The lowest BCUT2D eigenvalue weighted by Gasteiger charge is -2.32. The van der Waals surface area contributed by atoms with E-state index in [4.69, 9.17) is 4.74 Å². The predicted molar refractivity (Wildman–Crippen MR) is 139 cm³/mol. The predicted octanol–water partition coefficient (Wildman–Crippen LogP) is 2.75. The monoisotopic (exact) mass is 545 g/mol. The van der Waals surface area contributed by atoms with Gasteiger partial charge < -0.3 is 20.7 Å². The lowest BCUT2D eigenvalue weighted by molar-refractivity contribution is -0.122. The molecule has 1 heterocycles. The van der Waals surface area contributed by atoms with E-state index in [0.717, 1.165) is 44.2 Å². The molecule has 8 heteroatoms. The zero-order chi connectivity index (χ0) is 22.0. The van der Waals surface area contributed by atoms with E-state index < -0.39 is 0 Å². The fraction of sp³-hybridized carbons (Fsp3) is 0.652. The molecule has 0 bridgehead atoms. The lowest BCUT2D eigenvalue weighted by Crippen LogP contribution is -2.50. The number of hydrogen-bond acceptors (Lipinski definition) is 4. The Balaban J connectivity index is 0.00000480. The third-order valence-corrected chi connectivity index (χ3v) is 5.25. The van der Waals surface area contributed by atoms with E-state index in [1.165, 1.54) is 5.56 Å². The number of likely N-dealkylation sites (N-methyl/N-ethyl adjacent to an activating group) is 1. The van der Waals surface area contributed by atoms with Crippen LogP contribution in [0.15, 0.2) is 29.3 Å². The number of carbonyl (C=O) groups is 1. The van der Waals surface area contributed by atoms with Gasteiger partial charge in [0, 0.05) is 32.7 Å². The van der Waals surface area contributed by atoms with E-state index in [1.807, 2.05) is 12.1 Å². The minimum absolute atomic E-state index is 0. The second kappa shape index (κ2) is 13.8. The Bertz CT molecular complexity index is 697. The maximum Gasteiger partial charge on any atom is 0.233 e. The van der Waals surface area contributed by atoms with Crippen molar-refractivity contribution >= 4 is 35.8 Å². The third kappa shape index (κ3) is 10.1. The summed E-state index contributed by atoms with van der Waals surface area (Å²) in [5.74, 6) is 1.79. The Hall–Kier alpha value is -1.55. The van der Waals surface area contributed by atoms with E-state index in [9.17, 15) is 4.79 Å². The molecule has 1 fully saturated rings. The molecule has 1 saturated heterocycles. The van der Waals surface area contributed by atoms with E-state index >= 15 is 0 Å². The highest BCUT2D eigenvalue weighted by Gasteiger charge is 2.21. The summed E-state index contributed by atoms with van der Waals surface area (Å²) in [5.41, 5.74) is 1.37.